The van der Waals surface area contributed by atoms with E-state index >= 15 is 0 Å². The van der Waals surface area contributed by atoms with Crippen LogP contribution in [0.3, 0.4) is 0 Å². The summed E-state index contributed by atoms with van der Waals surface area (Å²) in [4.78, 5) is 24.5. The third-order valence-electron chi connectivity index (χ3n) is 4.55. The molecule has 1 unspecified atom stereocenters. The van der Waals surface area contributed by atoms with E-state index in [2.05, 4.69) is 0 Å². The van der Waals surface area contributed by atoms with Crippen LogP contribution in [0.25, 0.3) is 6.08 Å². The van der Waals surface area contributed by atoms with Gasteiger partial charge in [0.05, 0.1) is 13.2 Å². The highest BCUT2D eigenvalue weighted by Crippen LogP contribution is 2.31. The van der Waals surface area contributed by atoms with Crippen molar-refractivity contribution in [3.05, 3.63) is 41.2 Å². The first-order valence-corrected chi connectivity index (χ1v) is 8.71. The lowest BCUT2D eigenvalue weighted by molar-refractivity contribution is -0.130. The molecule has 1 aromatic carbocycles. The van der Waals surface area contributed by atoms with Gasteiger partial charge in [0.2, 0.25) is 5.78 Å². The Bertz CT molecular complexity index is 815. The molecule has 4 atom stereocenters. The van der Waals surface area contributed by atoms with E-state index in [-0.39, 0.29) is 29.0 Å². The fourth-order valence-corrected chi connectivity index (χ4v) is 2.66. The lowest BCUT2D eigenvalue weighted by Crippen LogP contribution is -2.34. The molecule has 0 saturated carbocycles. The number of ketones is 1. The molecule has 0 aliphatic carbocycles. The zero-order chi connectivity index (χ0) is 21.0. The van der Waals surface area contributed by atoms with Crippen molar-refractivity contribution in [2.24, 2.45) is 5.92 Å². The molecule has 7 nitrogen and oxygen atoms in total. The molecule has 2 rings (SSSR count). The van der Waals surface area contributed by atoms with Crippen molar-refractivity contribution >= 4 is 17.8 Å². The van der Waals surface area contributed by atoms with Crippen molar-refractivity contribution in [3.8, 4) is 11.5 Å². The second-order valence-corrected chi connectivity index (χ2v) is 6.61. The summed E-state index contributed by atoms with van der Waals surface area (Å²) < 4.78 is 24.5. The first kappa shape index (κ1) is 21.6. The van der Waals surface area contributed by atoms with Gasteiger partial charge in [0.15, 0.2) is 5.83 Å². The highest BCUT2D eigenvalue weighted by atomic mass is 19.1. The predicted octanol–water partition coefficient (Wildman–Crippen LogP) is 2.14. The number of halogens is 1. The van der Waals surface area contributed by atoms with Gasteiger partial charge >= 0.3 is 5.97 Å². The Hall–Kier alpha value is -2.71. The second-order valence-electron chi connectivity index (χ2n) is 6.61. The van der Waals surface area contributed by atoms with Crippen molar-refractivity contribution in [1.82, 2.24) is 0 Å². The van der Waals surface area contributed by atoms with E-state index in [0.29, 0.717) is 0 Å². The van der Waals surface area contributed by atoms with Crippen molar-refractivity contribution in [1.29, 1.82) is 0 Å². The zero-order valence-electron chi connectivity index (χ0n) is 15.8. The number of methoxy groups -OCH3 is 1. The van der Waals surface area contributed by atoms with Gasteiger partial charge in [0.25, 0.3) is 0 Å². The molecule has 28 heavy (non-hydrogen) atoms. The molecule has 0 amide bonds. The van der Waals surface area contributed by atoms with Gasteiger partial charge in [-0.1, -0.05) is 19.1 Å². The molecular formula is C20H23FO7. The number of carbonyl (C=O) groups excluding carboxylic acids is 2. The van der Waals surface area contributed by atoms with Gasteiger partial charge in [-0.15, -0.1) is 0 Å². The van der Waals surface area contributed by atoms with E-state index in [4.69, 9.17) is 9.47 Å². The standard InChI is InChI=1S/C20H23FO7/c1-10-7-14(21)18(24)19(25)15(22)6-4-5-12-8-13(27-3)9-16(23)17(12)20(26)28-11(10)2/h4-5,7-11,15,19,22-23,25H,6H2,1-3H3/b5-4+,14-7+/t10-,11+,15+,19?/m1/s1. The molecule has 0 saturated heterocycles. The van der Waals surface area contributed by atoms with Gasteiger partial charge in [-0.3, -0.25) is 4.79 Å². The first-order valence-electron chi connectivity index (χ1n) is 8.71. The number of cyclic esters (lactones) is 1. The summed E-state index contributed by atoms with van der Waals surface area (Å²) in [6, 6.07) is 2.74. The number of benzene rings is 1. The topological polar surface area (TPSA) is 113 Å². The summed E-state index contributed by atoms with van der Waals surface area (Å²) in [5, 5.41) is 30.1. The molecule has 0 fully saturated rings. The van der Waals surface area contributed by atoms with Crippen LogP contribution in [0.15, 0.2) is 30.1 Å². The Morgan fingerprint density at radius 3 is 2.54 bits per heavy atom. The van der Waals surface area contributed by atoms with E-state index in [1.54, 1.807) is 0 Å². The fraction of sp³-hybridized carbons (Fsp3) is 0.400. The summed E-state index contributed by atoms with van der Waals surface area (Å²) in [6.07, 6.45) is -0.808. The molecule has 0 bridgehead atoms. The number of hydrogen-bond acceptors (Lipinski definition) is 7. The predicted molar refractivity (Wildman–Crippen MR) is 98.6 cm³/mol. The van der Waals surface area contributed by atoms with Crippen LogP contribution in [0.4, 0.5) is 4.39 Å². The van der Waals surface area contributed by atoms with E-state index in [0.717, 1.165) is 6.08 Å². The first-order chi connectivity index (χ1) is 13.1. The summed E-state index contributed by atoms with van der Waals surface area (Å²) in [7, 11) is 1.39. The highest BCUT2D eigenvalue weighted by molar-refractivity contribution is 5.98. The molecule has 8 heteroatoms. The van der Waals surface area contributed by atoms with E-state index < -0.39 is 41.8 Å². The molecular weight excluding hydrogens is 371 g/mol. The lowest BCUT2D eigenvalue weighted by atomic mass is 9.99. The number of hydrogen-bond donors (Lipinski definition) is 3. The van der Waals surface area contributed by atoms with Gasteiger partial charge < -0.3 is 24.8 Å². The number of aliphatic hydroxyl groups excluding tert-OH is 2. The van der Waals surface area contributed by atoms with Crippen molar-refractivity contribution in [2.45, 2.75) is 38.6 Å². The summed E-state index contributed by atoms with van der Waals surface area (Å²) in [5.41, 5.74) is 0.136. The van der Waals surface area contributed by atoms with E-state index in [1.165, 1.54) is 45.2 Å². The summed E-state index contributed by atoms with van der Waals surface area (Å²) in [6.45, 7) is 3.03. The lowest BCUT2D eigenvalue weighted by Gasteiger charge is -2.20. The average molecular weight is 394 g/mol. The number of rotatable bonds is 1. The Kier molecular flexibility index (Phi) is 6.93. The molecule has 0 radical (unpaired) electrons. The smallest absolute Gasteiger partial charge is 0.342 e. The number of esters is 1. The van der Waals surface area contributed by atoms with Crippen molar-refractivity contribution < 1.29 is 38.8 Å². The van der Waals surface area contributed by atoms with E-state index in [9.17, 15) is 29.3 Å². The number of ether oxygens (including phenoxy) is 2. The Labute approximate surface area is 161 Å². The SMILES string of the molecule is COc1cc(O)c2c(c1)/C=C/C[C@H](O)C(O)C(=O)/C(F)=C\[C@@H](C)[C@H](C)OC2=O. The van der Waals surface area contributed by atoms with Crippen LogP contribution in [-0.2, 0) is 9.53 Å². The number of fused-ring (bicyclic) bond motifs is 1. The molecule has 1 aliphatic heterocycles. The Balaban J connectivity index is 2.54. The maximum Gasteiger partial charge on any atom is 0.342 e. The van der Waals surface area contributed by atoms with Gasteiger partial charge in [-0.05, 0) is 31.1 Å². The molecule has 1 aliphatic rings. The number of aromatic hydroxyl groups is 1. The van der Waals surface area contributed by atoms with Crippen LogP contribution < -0.4 is 4.74 Å². The van der Waals surface area contributed by atoms with Crippen LogP contribution in [0.5, 0.6) is 11.5 Å². The minimum absolute atomic E-state index is 0.122. The molecule has 1 heterocycles. The van der Waals surface area contributed by atoms with Crippen LogP contribution >= 0.6 is 0 Å². The van der Waals surface area contributed by atoms with Gasteiger partial charge in [0, 0.05) is 12.0 Å². The third kappa shape index (κ3) is 4.76. The van der Waals surface area contributed by atoms with Crippen LogP contribution in [0, 0.1) is 5.92 Å². The largest absolute Gasteiger partial charge is 0.507 e. The Morgan fingerprint density at radius 2 is 1.89 bits per heavy atom. The summed E-state index contributed by atoms with van der Waals surface area (Å²) >= 11 is 0. The highest BCUT2D eigenvalue weighted by Gasteiger charge is 2.29. The minimum atomic E-state index is -1.94. The summed E-state index contributed by atoms with van der Waals surface area (Å²) in [5.74, 6) is -4.10. The number of phenolic OH excluding ortho intramolecular Hbond substituents is 1. The van der Waals surface area contributed by atoms with Crippen LogP contribution in [-0.4, -0.2) is 52.5 Å². The molecule has 1 aromatic rings. The zero-order valence-corrected chi connectivity index (χ0v) is 15.8. The van der Waals surface area contributed by atoms with Gasteiger partial charge in [-0.25, -0.2) is 9.18 Å². The van der Waals surface area contributed by atoms with Crippen LogP contribution in [0.2, 0.25) is 0 Å². The number of aliphatic hydroxyl groups is 2. The van der Waals surface area contributed by atoms with Gasteiger partial charge in [-0.2, -0.15) is 0 Å². The molecule has 0 aromatic heterocycles. The Morgan fingerprint density at radius 1 is 1.21 bits per heavy atom. The second kappa shape index (κ2) is 8.99. The molecule has 0 spiro atoms. The molecule has 152 valence electrons. The number of Topliss-reactive ketones (excluding diaryl/α,β-unsaturated/α-hetero) is 1. The number of phenols is 1. The molecule has 3 N–H and O–H groups in total. The average Bonchev–Trinajstić information content (AvgIpc) is 2.65. The maximum atomic E-state index is 14.1. The number of carbonyl (C=O) groups is 2. The third-order valence-corrected chi connectivity index (χ3v) is 4.55. The maximum absolute atomic E-state index is 14.1. The van der Waals surface area contributed by atoms with E-state index in [1.807, 2.05) is 0 Å². The monoisotopic (exact) mass is 394 g/mol. The fourth-order valence-electron chi connectivity index (χ4n) is 2.66. The quantitative estimate of drug-likeness (QED) is 0.626. The minimum Gasteiger partial charge on any atom is -0.507 e. The van der Waals surface area contributed by atoms with Gasteiger partial charge in [0.1, 0.15) is 29.3 Å². The van der Waals surface area contributed by atoms with Crippen molar-refractivity contribution in [3.63, 3.8) is 0 Å². The van der Waals surface area contributed by atoms with Crippen LogP contribution in [0.1, 0.15) is 36.2 Å². The normalized spacial score (nSPS) is 29.7. The van der Waals surface area contributed by atoms with Crippen molar-refractivity contribution in [2.75, 3.05) is 7.11 Å².